The summed E-state index contributed by atoms with van der Waals surface area (Å²) in [4.78, 5) is 12.0. The summed E-state index contributed by atoms with van der Waals surface area (Å²) in [6.07, 6.45) is 0.0624. The third kappa shape index (κ3) is 3.60. The molecule has 0 saturated heterocycles. The highest BCUT2D eigenvalue weighted by molar-refractivity contribution is 5.99. The molecule has 0 aliphatic heterocycles. The number of carbonyl (C=O) groups excluding carboxylic acids is 1. The molecule has 0 radical (unpaired) electrons. The van der Waals surface area contributed by atoms with Crippen LogP contribution in [0.2, 0.25) is 0 Å². The van der Waals surface area contributed by atoms with E-state index in [-0.39, 0.29) is 11.3 Å². The zero-order valence-electron chi connectivity index (χ0n) is 11.1. The molecule has 18 heavy (non-hydrogen) atoms. The van der Waals surface area contributed by atoms with Crippen molar-refractivity contribution in [3.63, 3.8) is 0 Å². The molecule has 0 spiro atoms. The molecular formula is C14H18F2O2. The Balaban J connectivity index is 2.83. The number of carbonyl (C=O) groups is 1. The van der Waals surface area contributed by atoms with Gasteiger partial charge >= 0.3 is 0 Å². The van der Waals surface area contributed by atoms with Crippen LogP contribution in [0, 0.1) is 11.6 Å². The lowest BCUT2D eigenvalue weighted by Crippen LogP contribution is -2.33. The third-order valence-electron chi connectivity index (χ3n) is 2.92. The van der Waals surface area contributed by atoms with Crippen molar-refractivity contribution in [1.82, 2.24) is 0 Å². The van der Waals surface area contributed by atoms with Gasteiger partial charge in [0.2, 0.25) is 0 Å². The molecule has 0 N–H and O–H groups in total. The Hall–Kier alpha value is -1.29. The molecule has 0 aromatic heterocycles. The van der Waals surface area contributed by atoms with E-state index >= 15 is 0 Å². The fourth-order valence-electron chi connectivity index (χ4n) is 1.50. The van der Waals surface area contributed by atoms with Crippen LogP contribution in [0.15, 0.2) is 18.2 Å². The molecule has 100 valence electrons. The molecule has 0 aliphatic rings. The number of rotatable bonds is 5. The van der Waals surface area contributed by atoms with Crippen LogP contribution < -0.4 is 0 Å². The number of Topliss-reactive ketones (excluding diaryl/α,β-unsaturated/α-hetero) is 1. The smallest absolute Gasteiger partial charge is 0.191 e. The quantitative estimate of drug-likeness (QED) is 0.750. The SMILES string of the molecule is CCC(C)(C)OC(C)C(=O)c1ccc(F)c(F)c1. The molecule has 1 aromatic carbocycles. The van der Waals surface area contributed by atoms with E-state index < -0.39 is 23.3 Å². The lowest BCUT2D eigenvalue weighted by Gasteiger charge is -2.27. The van der Waals surface area contributed by atoms with Gasteiger partial charge < -0.3 is 4.74 Å². The van der Waals surface area contributed by atoms with Crippen LogP contribution in [0.3, 0.4) is 0 Å². The van der Waals surface area contributed by atoms with Crippen molar-refractivity contribution >= 4 is 5.78 Å². The topological polar surface area (TPSA) is 26.3 Å². The van der Waals surface area contributed by atoms with Crippen LogP contribution in [0.4, 0.5) is 8.78 Å². The lowest BCUT2D eigenvalue weighted by molar-refractivity contribution is -0.0518. The molecule has 0 bridgehead atoms. The molecule has 1 atom stereocenters. The number of benzene rings is 1. The summed E-state index contributed by atoms with van der Waals surface area (Å²) in [5, 5.41) is 0. The summed E-state index contributed by atoms with van der Waals surface area (Å²) in [5.41, 5.74) is -0.304. The van der Waals surface area contributed by atoms with E-state index in [0.29, 0.717) is 0 Å². The van der Waals surface area contributed by atoms with E-state index in [9.17, 15) is 13.6 Å². The van der Waals surface area contributed by atoms with Crippen LogP contribution in [0.1, 0.15) is 44.5 Å². The first kappa shape index (κ1) is 14.8. The number of hydrogen-bond donors (Lipinski definition) is 0. The van der Waals surface area contributed by atoms with Gasteiger partial charge in [0.25, 0.3) is 0 Å². The van der Waals surface area contributed by atoms with Gasteiger partial charge in [-0.1, -0.05) is 6.92 Å². The van der Waals surface area contributed by atoms with Gasteiger partial charge in [0.1, 0.15) is 6.10 Å². The van der Waals surface area contributed by atoms with Crippen molar-refractivity contribution in [2.45, 2.75) is 45.8 Å². The Labute approximate surface area is 106 Å². The zero-order chi connectivity index (χ0) is 13.9. The summed E-state index contributed by atoms with van der Waals surface area (Å²) in [5.74, 6) is -2.34. The maximum atomic E-state index is 13.0. The molecule has 4 heteroatoms. The van der Waals surface area contributed by atoms with Crippen molar-refractivity contribution < 1.29 is 18.3 Å². The molecule has 1 aromatic rings. The maximum absolute atomic E-state index is 13.0. The summed E-state index contributed by atoms with van der Waals surface area (Å²) < 4.78 is 31.4. The number of halogens is 2. The van der Waals surface area contributed by atoms with Gasteiger partial charge in [-0.3, -0.25) is 4.79 Å². The minimum atomic E-state index is -1.03. The van der Waals surface area contributed by atoms with E-state index in [4.69, 9.17) is 4.74 Å². The van der Waals surface area contributed by atoms with Gasteiger partial charge in [-0.2, -0.15) is 0 Å². The summed E-state index contributed by atoms with van der Waals surface area (Å²) >= 11 is 0. The molecular weight excluding hydrogens is 238 g/mol. The second-order valence-electron chi connectivity index (χ2n) is 4.87. The Bertz CT molecular complexity index is 441. The lowest BCUT2D eigenvalue weighted by atomic mass is 10.0. The first-order chi connectivity index (χ1) is 8.26. The molecule has 0 fully saturated rings. The summed E-state index contributed by atoms with van der Waals surface area (Å²) in [7, 11) is 0. The van der Waals surface area contributed by atoms with Crippen molar-refractivity contribution in [3.8, 4) is 0 Å². The standard InChI is InChI=1S/C14H18F2O2/c1-5-14(3,4)18-9(2)13(17)10-6-7-11(15)12(16)8-10/h6-9H,5H2,1-4H3. The maximum Gasteiger partial charge on any atom is 0.191 e. The number of hydrogen-bond acceptors (Lipinski definition) is 2. The summed E-state index contributed by atoms with van der Waals surface area (Å²) in [6, 6.07) is 3.11. The van der Waals surface area contributed by atoms with E-state index in [0.717, 1.165) is 18.6 Å². The minimum absolute atomic E-state index is 0.119. The number of ketones is 1. The molecule has 0 amide bonds. The Morgan fingerprint density at radius 2 is 1.94 bits per heavy atom. The third-order valence-corrected chi connectivity index (χ3v) is 2.92. The second-order valence-corrected chi connectivity index (χ2v) is 4.87. The minimum Gasteiger partial charge on any atom is -0.364 e. The largest absolute Gasteiger partial charge is 0.364 e. The zero-order valence-corrected chi connectivity index (χ0v) is 11.1. The van der Waals surface area contributed by atoms with Crippen molar-refractivity contribution in [2.75, 3.05) is 0 Å². The van der Waals surface area contributed by atoms with Gasteiger partial charge in [-0.15, -0.1) is 0 Å². The molecule has 0 heterocycles. The monoisotopic (exact) mass is 256 g/mol. The van der Waals surface area contributed by atoms with Crippen LogP contribution >= 0.6 is 0 Å². The predicted octanol–water partition coefficient (Wildman–Crippen LogP) is 3.74. The van der Waals surface area contributed by atoms with Gasteiger partial charge in [0, 0.05) is 5.56 Å². The first-order valence-corrected chi connectivity index (χ1v) is 5.94. The van der Waals surface area contributed by atoms with E-state index in [1.807, 2.05) is 20.8 Å². The van der Waals surface area contributed by atoms with E-state index in [2.05, 4.69) is 0 Å². The first-order valence-electron chi connectivity index (χ1n) is 5.94. The molecule has 1 rings (SSSR count). The Morgan fingerprint density at radius 3 is 2.44 bits per heavy atom. The average molecular weight is 256 g/mol. The summed E-state index contributed by atoms with van der Waals surface area (Å²) in [6.45, 7) is 7.32. The highest BCUT2D eigenvalue weighted by Gasteiger charge is 2.24. The van der Waals surface area contributed by atoms with E-state index in [1.165, 1.54) is 6.07 Å². The predicted molar refractivity (Wildman–Crippen MR) is 65.6 cm³/mol. The normalized spacial score (nSPS) is 13.4. The number of ether oxygens (including phenoxy) is 1. The fraction of sp³-hybridized carbons (Fsp3) is 0.500. The highest BCUT2D eigenvalue weighted by Crippen LogP contribution is 2.19. The van der Waals surface area contributed by atoms with Gasteiger partial charge in [0.05, 0.1) is 5.60 Å². The second kappa shape index (κ2) is 5.57. The van der Waals surface area contributed by atoms with Gasteiger partial charge in [0.15, 0.2) is 17.4 Å². The fourth-order valence-corrected chi connectivity index (χ4v) is 1.50. The van der Waals surface area contributed by atoms with Crippen molar-refractivity contribution in [3.05, 3.63) is 35.4 Å². The van der Waals surface area contributed by atoms with E-state index in [1.54, 1.807) is 6.92 Å². The Morgan fingerprint density at radius 1 is 1.33 bits per heavy atom. The molecule has 0 saturated carbocycles. The van der Waals surface area contributed by atoms with Gasteiger partial charge in [-0.25, -0.2) is 8.78 Å². The molecule has 2 nitrogen and oxygen atoms in total. The van der Waals surface area contributed by atoms with Crippen LogP contribution in [0.25, 0.3) is 0 Å². The molecule has 1 unspecified atom stereocenters. The Kier molecular flexibility index (Phi) is 4.57. The molecule has 0 aliphatic carbocycles. The van der Waals surface area contributed by atoms with Crippen LogP contribution in [0.5, 0.6) is 0 Å². The van der Waals surface area contributed by atoms with Crippen molar-refractivity contribution in [1.29, 1.82) is 0 Å². The highest BCUT2D eigenvalue weighted by atomic mass is 19.2. The van der Waals surface area contributed by atoms with Crippen molar-refractivity contribution in [2.24, 2.45) is 0 Å². The van der Waals surface area contributed by atoms with Crippen LogP contribution in [-0.4, -0.2) is 17.5 Å². The average Bonchev–Trinajstić information content (AvgIpc) is 2.31. The van der Waals surface area contributed by atoms with Gasteiger partial charge in [-0.05, 0) is 45.4 Å². The van der Waals surface area contributed by atoms with Crippen LogP contribution in [-0.2, 0) is 4.74 Å².